The molecule has 2 aromatic carbocycles. The fourth-order valence-corrected chi connectivity index (χ4v) is 2.49. The van der Waals surface area contributed by atoms with Gasteiger partial charge in [0.1, 0.15) is 0 Å². The first-order valence-electron chi connectivity index (χ1n) is 6.13. The molecule has 1 heterocycles. The van der Waals surface area contributed by atoms with Gasteiger partial charge in [-0.05, 0) is 25.1 Å². The van der Waals surface area contributed by atoms with E-state index in [1.165, 1.54) is 21.9 Å². The molecule has 0 aliphatic rings. The molecule has 1 nitrogen and oxygen atoms in total. The standard InChI is InChI=1S/C17H15N/c1-3-16-13(2)15-11-7-8-12-17(15)18(16)14-9-5-4-6-10-14/h3-12H,2H2,1H3/b16-3+. The van der Waals surface area contributed by atoms with Crippen LogP contribution in [0, 0.1) is 0 Å². The van der Waals surface area contributed by atoms with Crippen LogP contribution < -0.4 is 10.6 Å². The van der Waals surface area contributed by atoms with Gasteiger partial charge >= 0.3 is 0 Å². The van der Waals surface area contributed by atoms with E-state index in [2.05, 4.69) is 72.7 Å². The van der Waals surface area contributed by atoms with Gasteiger partial charge in [0.15, 0.2) is 0 Å². The lowest BCUT2D eigenvalue weighted by Gasteiger charge is -2.05. The quantitative estimate of drug-likeness (QED) is 0.609. The zero-order valence-corrected chi connectivity index (χ0v) is 10.4. The maximum absolute atomic E-state index is 4.21. The molecular weight excluding hydrogens is 218 g/mol. The Morgan fingerprint density at radius 2 is 1.61 bits per heavy atom. The minimum atomic E-state index is 1.09. The lowest BCUT2D eigenvalue weighted by molar-refractivity contribution is 1.07. The Kier molecular flexibility index (Phi) is 2.52. The Balaban J connectivity index is 2.53. The molecule has 0 unspecified atom stereocenters. The highest BCUT2D eigenvalue weighted by molar-refractivity contribution is 5.83. The summed E-state index contributed by atoms with van der Waals surface area (Å²) in [6.45, 7) is 6.27. The summed E-state index contributed by atoms with van der Waals surface area (Å²) in [5.41, 5.74) is 2.39. The Bertz CT molecular complexity index is 795. The molecule has 1 heteroatoms. The van der Waals surface area contributed by atoms with E-state index in [1.807, 2.05) is 6.07 Å². The van der Waals surface area contributed by atoms with Gasteiger partial charge in [0, 0.05) is 21.6 Å². The molecule has 0 amide bonds. The van der Waals surface area contributed by atoms with Crippen LogP contribution in [0.3, 0.4) is 0 Å². The van der Waals surface area contributed by atoms with Gasteiger partial charge in [-0.1, -0.05) is 49.1 Å². The molecule has 0 saturated carbocycles. The number of para-hydroxylation sites is 2. The van der Waals surface area contributed by atoms with E-state index in [0.29, 0.717) is 0 Å². The number of benzene rings is 2. The van der Waals surface area contributed by atoms with Crippen molar-refractivity contribution in [2.45, 2.75) is 6.92 Å². The average molecular weight is 233 g/mol. The van der Waals surface area contributed by atoms with E-state index in [4.69, 9.17) is 0 Å². The Labute approximate surface area is 106 Å². The van der Waals surface area contributed by atoms with Gasteiger partial charge in [0.25, 0.3) is 0 Å². The first-order valence-corrected chi connectivity index (χ1v) is 6.13. The highest BCUT2D eigenvalue weighted by atomic mass is 15.0. The molecule has 18 heavy (non-hydrogen) atoms. The summed E-state index contributed by atoms with van der Waals surface area (Å²) in [5.74, 6) is 0. The molecule has 0 aliphatic carbocycles. The van der Waals surface area contributed by atoms with Gasteiger partial charge in [-0.15, -0.1) is 0 Å². The summed E-state index contributed by atoms with van der Waals surface area (Å²) in [6.07, 6.45) is 2.12. The molecule has 0 aliphatic heterocycles. The highest BCUT2D eigenvalue weighted by Gasteiger charge is 2.06. The van der Waals surface area contributed by atoms with Crippen LogP contribution in [0.2, 0.25) is 0 Å². The molecule has 0 saturated heterocycles. The average Bonchev–Trinajstić information content (AvgIpc) is 2.73. The summed E-state index contributed by atoms with van der Waals surface area (Å²) in [6, 6.07) is 18.8. The fraction of sp³-hybridized carbons (Fsp3) is 0.0588. The van der Waals surface area contributed by atoms with Gasteiger partial charge in [-0.2, -0.15) is 0 Å². The SMILES string of the molecule is C=c1/c(=C\C)n(-c2ccccc2)c2ccccc12. The van der Waals surface area contributed by atoms with Crippen LogP contribution in [0.1, 0.15) is 6.92 Å². The third kappa shape index (κ3) is 1.48. The van der Waals surface area contributed by atoms with Crippen molar-refractivity contribution in [1.29, 1.82) is 0 Å². The van der Waals surface area contributed by atoms with Crippen molar-refractivity contribution in [1.82, 2.24) is 4.57 Å². The van der Waals surface area contributed by atoms with E-state index in [1.54, 1.807) is 0 Å². The van der Waals surface area contributed by atoms with E-state index < -0.39 is 0 Å². The third-order valence-corrected chi connectivity index (χ3v) is 3.31. The van der Waals surface area contributed by atoms with Crippen LogP contribution in [0.15, 0.2) is 54.6 Å². The van der Waals surface area contributed by atoms with E-state index in [9.17, 15) is 0 Å². The highest BCUT2D eigenvalue weighted by Crippen LogP contribution is 2.13. The van der Waals surface area contributed by atoms with Crippen LogP contribution >= 0.6 is 0 Å². The van der Waals surface area contributed by atoms with Crippen molar-refractivity contribution in [3.63, 3.8) is 0 Å². The maximum Gasteiger partial charge on any atom is 0.0540 e. The normalized spacial score (nSPS) is 12.2. The minimum absolute atomic E-state index is 1.09. The first kappa shape index (κ1) is 10.8. The van der Waals surface area contributed by atoms with E-state index in [0.717, 1.165) is 5.22 Å². The lowest BCUT2D eigenvalue weighted by Crippen LogP contribution is -2.26. The predicted octanol–water partition coefficient (Wildman–Crippen LogP) is 2.84. The molecule has 88 valence electrons. The molecule has 0 fully saturated rings. The summed E-state index contributed by atoms with van der Waals surface area (Å²) < 4.78 is 2.26. The van der Waals surface area contributed by atoms with Crippen LogP contribution in [0.4, 0.5) is 0 Å². The fourth-order valence-electron chi connectivity index (χ4n) is 2.49. The number of nitrogens with zero attached hydrogens (tertiary/aromatic N) is 1. The summed E-state index contributed by atoms with van der Waals surface area (Å²) in [5, 5.41) is 3.48. The topological polar surface area (TPSA) is 4.93 Å². The van der Waals surface area contributed by atoms with Crippen LogP contribution in [-0.4, -0.2) is 4.57 Å². The van der Waals surface area contributed by atoms with Crippen molar-refractivity contribution in [3.05, 3.63) is 65.2 Å². The predicted molar refractivity (Wildman–Crippen MR) is 78.2 cm³/mol. The zero-order chi connectivity index (χ0) is 12.5. The van der Waals surface area contributed by atoms with Crippen molar-refractivity contribution in [2.24, 2.45) is 0 Å². The molecule has 3 aromatic rings. The number of hydrogen-bond donors (Lipinski definition) is 0. The third-order valence-electron chi connectivity index (χ3n) is 3.31. The molecule has 1 aromatic heterocycles. The van der Waals surface area contributed by atoms with Crippen LogP contribution in [0.25, 0.3) is 29.2 Å². The monoisotopic (exact) mass is 233 g/mol. The minimum Gasteiger partial charge on any atom is -0.310 e. The molecule has 0 spiro atoms. The molecule has 0 atom stereocenters. The molecular formula is C17H15N. The second kappa shape index (κ2) is 4.19. The molecule has 0 bridgehead atoms. The Hall–Kier alpha value is -2.28. The Morgan fingerprint density at radius 3 is 2.33 bits per heavy atom. The van der Waals surface area contributed by atoms with Crippen LogP contribution in [-0.2, 0) is 0 Å². The number of hydrogen-bond acceptors (Lipinski definition) is 0. The van der Waals surface area contributed by atoms with Crippen molar-refractivity contribution >= 4 is 23.6 Å². The van der Waals surface area contributed by atoms with Gasteiger partial charge in [-0.3, -0.25) is 0 Å². The molecule has 0 N–H and O–H groups in total. The van der Waals surface area contributed by atoms with Crippen LogP contribution in [0.5, 0.6) is 0 Å². The molecule has 3 rings (SSSR count). The van der Waals surface area contributed by atoms with Gasteiger partial charge < -0.3 is 4.57 Å². The van der Waals surface area contributed by atoms with Gasteiger partial charge in [-0.25, -0.2) is 0 Å². The zero-order valence-electron chi connectivity index (χ0n) is 10.4. The summed E-state index contributed by atoms with van der Waals surface area (Å²) >= 11 is 0. The number of aromatic nitrogens is 1. The van der Waals surface area contributed by atoms with Crippen molar-refractivity contribution < 1.29 is 0 Å². The summed E-state index contributed by atoms with van der Waals surface area (Å²) in [7, 11) is 0. The summed E-state index contributed by atoms with van der Waals surface area (Å²) in [4.78, 5) is 0. The smallest absolute Gasteiger partial charge is 0.0540 e. The van der Waals surface area contributed by atoms with Crippen molar-refractivity contribution in [2.75, 3.05) is 0 Å². The van der Waals surface area contributed by atoms with E-state index >= 15 is 0 Å². The second-order valence-corrected chi connectivity index (χ2v) is 4.34. The molecule has 0 radical (unpaired) electrons. The van der Waals surface area contributed by atoms with E-state index in [-0.39, 0.29) is 0 Å². The Morgan fingerprint density at radius 1 is 0.944 bits per heavy atom. The second-order valence-electron chi connectivity index (χ2n) is 4.34. The van der Waals surface area contributed by atoms with Crippen molar-refractivity contribution in [3.8, 4) is 5.69 Å². The van der Waals surface area contributed by atoms with Gasteiger partial charge in [0.2, 0.25) is 0 Å². The lowest BCUT2D eigenvalue weighted by atomic mass is 10.2. The van der Waals surface area contributed by atoms with Gasteiger partial charge in [0.05, 0.1) is 5.52 Å². The largest absolute Gasteiger partial charge is 0.310 e. The number of rotatable bonds is 1. The number of fused-ring (bicyclic) bond motifs is 1. The first-order chi connectivity index (χ1) is 8.83. The maximum atomic E-state index is 4.21.